The summed E-state index contributed by atoms with van der Waals surface area (Å²) in [5, 5.41) is 11.5. The Kier molecular flexibility index (Phi) is 19.4. The van der Waals surface area contributed by atoms with Crippen molar-refractivity contribution in [3.8, 4) is 0 Å². The molecule has 0 saturated heterocycles. The molecule has 0 aliphatic heterocycles. The van der Waals surface area contributed by atoms with Crippen LogP contribution in [0.4, 0.5) is 0 Å². The summed E-state index contributed by atoms with van der Waals surface area (Å²) in [6.07, 6.45) is 20.5. The number of amides is 1. The number of carboxylic acids is 1. The minimum absolute atomic E-state index is 0.145. The molecule has 4 nitrogen and oxygen atoms in total. The van der Waals surface area contributed by atoms with E-state index in [2.05, 4.69) is 12.2 Å². The van der Waals surface area contributed by atoms with Crippen molar-refractivity contribution in [3.63, 3.8) is 0 Å². The molecule has 0 saturated carbocycles. The molecule has 0 heterocycles. The lowest BCUT2D eigenvalue weighted by molar-refractivity contribution is -0.137. The largest absolute Gasteiger partial charge is 0.481 e. The quantitative estimate of drug-likeness (QED) is 0.250. The van der Waals surface area contributed by atoms with Gasteiger partial charge in [-0.3, -0.25) is 9.59 Å². The third kappa shape index (κ3) is 21.0. The minimum Gasteiger partial charge on any atom is -0.481 e. The van der Waals surface area contributed by atoms with Gasteiger partial charge in [0.25, 0.3) is 0 Å². The van der Waals surface area contributed by atoms with E-state index < -0.39 is 5.97 Å². The molecule has 0 fully saturated rings. The van der Waals surface area contributed by atoms with Crippen LogP contribution >= 0.6 is 0 Å². The molecule has 0 bridgehead atoms. The van der Waals surface area contributed by atoms with Crippen LogP contribution in [0.1, 0.15) is 122 Å². The van der Waals surface area contributed by atoms with Gasteiger partial charge in [0.15, 0.2) is 0 Å². The summed E-state index contributed by atoms with van der Waals surface area (Å²) < 4.78 is 0. The highest BCUT2D eigenvalue weighted by Crippen LogP contribution is 2.12. The molecular formula is C22H43NO3. The fraction of sp³-hybridized carbons (Fsp3) is 0.909. The molecule has 0 aromatic carbocycles. The van der Waals surface area contributed by atoms with Crippen LogP contribution in [-0.4, -0.2) is 23.5 Å². The summed E-state index contributed by atoms with van der Waals surface area (Å²) in [4.78, 5) is 22.1. The van der Waals surface area contributed by atoms with Gasteiger partial charge in [-0.15, -0.1) is 0 Å². The fourth-order valence-corrected chi connectivity index (χ4v) is 3.20. The summed E-state index contributed by atoms with van der Waals surface area (Å²) in [7, 11) is 0. The smallest absolute Gasteiger partial charge is 0.303 e. The SMILES string of the molecule is CCCCCCCCCCCCCCCC(=O)NCCCCCC(=O)O. The summed E-state index contributed by atoms with van der Waals surface area (Å²) >= 11 is 0. The lowest BCUT2D eigenvalue weighted by Crippen LogP contribution is -2.23. The second-order valence-electron chi connectivity index (χ2n) is 7.55. The number of aliphatic carboxylic acids is 1. The van der Waals surface area contributed by atoms with Crippen molar-refractivity contribution in [2.75, 3.05) is 6.54 Å². The number of hydrogen-bond donors (Lipinski definition) is 2. The molecule has 154 valence electrons. The Morgan fingerprint density at radius 1 is 0.615 bits per heavy atom. The Morgan fingerprint density at radius 2 is 1.04 bits per heavy atom. The number of hydrogen-bond acceptors (Lipinski definition) is 2. The first-order valence-electron chi connectivity index (χ1n) is 11.1. The third-order valence-electron chi connectivity index (χ3n) is 4.90. The van der Waals surface area contributed by atoms with Crippen LogP contribution in [0.3, 0.4) is 0 Å². The lowest BCUT2D eigenvalue weighted by atomic mass is 10.0. The van der Waals surface area contributed by atoms with Crippen molar-refractivity contribution in [1.29, 1.82) is 0 Å². The van der Waals surface area contributed by atoms with Crippen LogP contribution in [0.25, 0.3) is 0 Å². The first kappa shape index (κ1) is 24.9. The molecule has 0 spiro atoms. The molecule has 26 heavy (non-hydrogen) atoms. The number of rotatable bonds is 20. The van der Waals surface area contributed by atoms with Crippen molar-refractivity contribution in [2.45, 2.75) is 122 Å². The average molecular weight is 370 g/mol. The molecule has 4 heteroatoms. The van der Waals surface area contributed by atoms with Gasteiger partial charge in [0.05, 0.1) is 0 Å². The van der Waals surface area contributed by atoms with Gasteiger partial charge in [0.2, 0.25) is 5.91 Å². The Labute approximate surface area is 161 Å². The Bertz CT molecular complexity index is 331. The summed E-state index contributed by atoms with van der Waals surface area (Å²) in [5.41, 5.74) is 0. The van der Waals surface area contributed by atoms with E-state index in [1.807, 2.05) is 0 Å². The van der Waals surface area contributed by atoms with E-state index in [0.29, 0.717) is 19.4 Å². The topological polar surface area (TPSA) is 66.4 Å². The normalized spacial score (nSPS) is 10.8. The number of nitrogens with one attached hydrogen (secondary N) is 1. The van der Waals surface area contributed by atoms with Crippen LogP contribution in [0.2, 0.25) is 0 Å². The van der Waals surface area contributed by atoms with E-state index in [1.165, 1.54) is 70.6 Å². The van der Waals surface area contributed by atoms with Crippen molar-refractivity contribution in [1.82, 2.24) is 5.32 Å². The molecule has 0 aliphatic carbocycles. The summed E-state index contributed by atoms with van der Waals surface area (Å²) in [6.45, 7) is 2.94. The van der Waals surface area contributed by atoms with Crippen molar-refractivity contribution in [2.24, 2.45) is 0 Å². The first-order valence-corrected chi connectivity index (χ1v) is 11.1. The third-order valence-corrected chi connectivity index (χ3v) is 4.90. The second-order valence-corrected chi connectivity index (χ2v) is 7.55. The zero-order chi connectivity index (χ0) is 19.3. The van der Waals surface area contributed by atoms with Crippen LogP contribution in [0, 0.1) is 0 Å². The molecule has 2 N–H and O–H groups in total. The van der Waals surface area contributed by atoms with Gasteiger partial charge in [-0.05, 0) is 19.3 Å². The highest BCUT2D eigenvalue weighted by Gasteiger charge is 2.01. The Morgan fingerprint density at radius 3 is 1.54 bits per heavy atom. The predicted molar refractivity (Wildman–Crippen MR) is 109 cm³/mol. The average Bonchev–Trinajstić information content (AvgIpc) is 2.61. The Balaban J connectivity index is 3.15. The first-order chi connectivity index (χ1) is 12.7. The highest BCUT2D eigenvalue weighted by molar-refractivity contribution is 5.75. The van der Waals surface area contributed by atoms with Crippen LogP contribution in [0.15, 0.2) is 0 Å². The molecule has 0 aromatic heterocycles. The van der Waals surface area contributed by atoms with Gasteiger partial charge >= 0.3 is 5.97 Å². The van der Waals surface area contributed by atoms with Crippen LogP contribution < -0.4 is 5.32 Å². The van der Waals surface area contributed by atoms with E-state index in [1.54, 1.807) is 0 Å². The molecule has 0 atom stereocenters. The van der Waals surface area contributed by atoms with Gasteiger partial charge in [0.1, 0.15) is 0 Å². The number of carbonyl (C=O) groups is 2. The molecular weight excluding hydrogens is 326 g/mol. The van der Waals surface area contributed by atoms with Gasteiger partial charge < -0.3 is 10.4 Å². The van der Waals surface area contributed by atoms with Crippen molar-refractivity contribution >= 4 is 11.9 Å². The monoisotopic (exact) mass is 369 g/mol. The molecule has 0 radical (unpaired) electrons. The van der Waals surface area contributed by atoms with Crippen molar-refractivity contribution < 1.29 is 14.7 Å². The minimum atomic E-state index is -0.739. The molecule has 0 rings (SSSR count). The van der Waals surface area contributed by atoms with E-state index in [9.17, 15) is 9.59 Å². The number of unbranched alkanes of at least 4 members (excludes halogenated alkanes) is 14. The maximum Gasteiger partial charge on any atom is 0.303 e. The Hall–Kier alpha value is -1.06. The predicted octanol–water partition coefficient (Wildman–Crippen LogP) is 6.23. The number of carboxylic acid groups (broad SMARTS) is 1. The molecule has 1 amide bonds. The van der Waals surface area contributed by atoms with Gasteiger partial charge in [0, 0.05) is 19.4 Å². The zero-order valence-electron chi connectivity index (χ0n) is 17.2. The van der Waals surface area contributed by atoms with Crippen molar-refractivity contribution in [3.05, 3.63) is 0 Å². The fourth-order valence-electron chi connectivity index (χ4n) is 3.20. The van der Waals surface area contributed by atoms with E-state index in [-0.39, 0.29) is 12.3 Å². The van der Waals surface area contributed by atoms with E-state index >= 15 is 0 Å². The zero-order valence-corrected chi connectivity index (χ0v) is 17.2. The van der Waals surface area contributed by atoms with E-state index in [4.69, 9.17) is 5.11 Å². The number of carbonyl (C=O) groups excluding carboxylic acids is 1. The molecule has 0 unspecified atom stereocenters. The maximum atomic E-state index is 11.7. The van der Waals surface area contributed by atoms with Crippen LogP contribution in [-0.2, 0) is 9.59 Å². The molecule has 0 aliphatic rings. The van der Waals surface area contributed by atoms with E-state index in [0.717, 1.165) is 25.7 Å². The summed E-state index contributed by atoms with van der Waals surface area (Å²) in [5.74, 6) is -0.595. The van der Waals surface area contributed by atoms with Gasteiger partial charge in [-0.2, -0.15) is 0 Å². The maximum absolute atomic E-state index is 11.7. The summed E-state index contributed by atoms with van der Waals surface area (Å²) in [6, 6.07) is 0. The van der Waals surface area contributed by atoms with Crippen LogP contribution in [0.5, 0.6) is 0 Å². The van der Waals surface area contributed by atoms with Gasteiger partial charge in [-0.1, -0.05) is 90.4 Å². The second kappa shape index (κ2) is 20.3. The van der Waals surface area contributed by atoms with Gasteiger partial charge in [-0.25, -0.2) is 0 Å². The lowest BCUT2D eigenvalue weighted by Gasteiger charge is -2.05. The highest BCUT2D eigenvalue weighted by atomic mass is 16.4. The standard InChI is InChI=1S/C22H43NO3/c1-2-3-4-5-6-7-8-9-10-11-12-13-15-18-21(24)23-20-17-14-16-19-22(25)26/h2-20H2,1H3,(H,23,24)(H,25,26). The molecule has 0 aromatic rings.